The molecule has 6 heteroatoms. The molecule has 1 saturated heterocycles. The van der Waals surface area contributed by atoms with Gasteiger partial charge in [-0.05, 0) is 37.5 Å². The minimum atomic E-state index is 0.110. The molecule has 3 aromatic heterocycles. The molecule has 1 amide bonds. The molecule has 3 aromatic rings. The second-order valence-electron chi connectivity index (χ2n) is 6.88. The predicted molar refractivity (Wildman–Crippen MR) is 99.0 cm³/mol. The summed E-state index contributed by atoms with van der Waals surface area (Å²) in [6.45, 7) is 4.22. The lowest BCUT2D eigenvalue weighted by molar-refractivity contribution is 0.0703. The van der Waals surface area contributed by atoms with E-state index in [0.717, 1.165) is 48.6 Å². The number of rotatable bonds is 4. The number of carbonyl (C=O) groups is 1. The van der Waals surface area contributed by atoms with Crippen LogP contribution < -0.4 is 0 Å². The maximum absolute atomic E-state index is 12.8. The number of likely N-dealkylation sites (tertiary alicyclic amines) is 1. The van der Waals surface area contributed by atoms with E-state index in [4.69, 9.17) is 0 Å². The van der Waals surface area contributed by atoms with Gasteiger partial charge in [0.25, 0.3) is 5.91 Å². The van der Waals surface area contributed by atoms with Crippen LogP contribution in [0.4, 0.5) is 0 Å². The van der Waals surface area contributed by atoms with E-state index >= 15 is 0 Å². The number of amides is 1. The van der Waals surface area contributed by atoms with Gasteiger partial charge in [-0.1, -0.05) is 6.07 Å². The van der Waals surface area contributed by atoms with Crippen molar-refractivity contribution in [1.29, 1.82) is 0 Å². The van der Waals surface area contributed by atoms with Crippen LogP contribution in [0.3, 0.4) is 0 Å². The molecule has 26 heavy (non-hydrogen) atoms. The van der Waals surface area contributed by atoms with Gasteiger partial charge in [-0.2, -0.15) is 0 Å². The molecule has 0 aliphatic carbocycles. The zero-order valence-electron chi connectivity index (χ0n) is 14.9. The fraction of sp³-hybridized carbons (Fsp3) is 0.350. The Hall–Kier alpha value is -2.89. The zero-order valence-corrected chi connectivity index (χ0v) is 14.9. The number of aromatic nitrogens is 4. The van der Waals surface area contributed by atoms with E-state index in [1.54, 1.807) is 6.20 Å². The number of imidazole rings is 1. The lowest BCUT2D eigenvalue weighted by Crippen LogP contribution is -2.40. The second kappa shape index (κ2) is 7.15. The molecule has 1 aliphatic rings. The van der Waals surface area contributed by atoms with Crippen molar-refractivity contribution in [2.75, 3.05) is 13.1 Å². The Balaban J connectivity index is 1.51. The van der Waals surface area contributed by atoms with E-state index < -0.39 is 0 Å². The zero-order chi connectivity index (χ0) is 17.9. The van der Waals surface area contributed by atoms with Crippen LogP contribution in [0.5, 0.6) is 0 Å². The topological polar surface area (TPSA) is 66.8 Å². The molecule has 0 radical (unpaired) electrons. The number of hydrogen-bond acceptors (Lipinski definition) is 3. The molecule has 1 fully saturated rings. The van der Waals surface area contributed by atoms with Crippen LogP contribution in [0, 0.1) is 6.92 Å². The highest BCUT2D eigenvalue weighted by Crippen LogP contribution is 2.27. The summed E-state index contributed by atoms with van der Waals surface area (Å²) in [7, 11) is 0. The number of hydrogen-bond donors (Lipinski definition) is 1. The minimum Gasteiger partial charge on any atom is -0.365 e. The standard InChI is InChI=1S/C20H23N5O/c1-15-18(6-8-22-15)20(26)25-10-3-5-17(14-25)19-23-9-11-24(19)13-16-4-2-7-21-12-16/h2,4,6-9,11-12,17,22H,3,5,10,13-14H2,1H3/t17-/m1/s1. The number of pyridine rings is 1. The Morgan fingerprint density at radius 1 is 1.35 bits per heavy atom. The highest BCUT2D eigenvalue weighted by molar-refractivity contribution is 5.95. The first-order valence-corrected chi connectivity index (χ1v) is 9.05. The molecule has 0 spiro atoms. The Bertz CT molecular complexity index is 883. The highest BCUT2D eigenvalue weighted by atomic mass is 16.2. The van der Waals surface area contributed by atoms with Crippen LogP contribution >= 0.6 is 0 Å². The van der Waals surface area contributed by atoms with Crippen molar-refractivity contribution >= 4 is 5.91 Å². The summed E-state index contributed by atoms with van der Waals surface area (Å²) in [5.41, 5.74) is 2.85. The number of nitrogens with zero attached hydrogens (tertiary/aromatic N) is 4. The third-order valence-electron chi connectivity index (χ3n) is 5.08. The summed E-state index contributed by atoms with van der Waals surface area (Å²) in [6.07, 6.45) is 11.4. The summed E-state index contributed by atoms with van der Waals surface area (Å²) in [5, 5.41) is 0. The van der Waals surface area contributed by atoms with Gasteiger partial charge in [-0.3, -0.25) is 9.78 Å². The molecule has 4 heterocycles. The third kappa shape index (κ3) is 3.27. The maximum atomic E-state index is 12.8. The molecule has 134 valence electrons. The first kappa shape index (κ1) is 16.6. The molecule has 1 N–H and O–H groups in total. The summed E-state index contributed by atoms with van der Waals surface area (Å²) < 4.78 is 2.18. The van der Waals surface area contributed by atoms with Gasteiger partial charge in [-0.25, -0.2) is 4.98 Å². The first-order chi connectivity index (χ1) is 12.7. The normalized spacial score (nSPS) is 17.4. The van der Waals surface area contributed by atoms with Gasteiger partial charge in [-0.15, -0.1) is 0 Å². The Labute approximate surface area is 152 Å². The van der Waals surface area contributed by atoms with E-state index in [-0.39, 0.29) is 11.8 Å². The van der Waals surface area contributed by atoms with Gasteiger partial charge >= 0.3 is 0 Å². The molecular formula is C20H23N5O. The van der Waals surface area contributed by atoms with E-state index in [9.17, 15) is 4.79 Å². The van der Waals surface area contributed by atoms with Crippen molar-refractivity contribution in [2.24, 2.45) is 0 Å². The highest BCUT2D eigenvalue weighted by Gasteiger charge is 2.28. The molecule has 0 bridgehead atoms. The summed E-state index contributed by atoms with van der Waals surface area (Å²) in [5.74, 6) is 1.43. The van der Waals surface area contributed by atoms with Crippen LogP contribution in [-0.4, -0.2) is 43.4 Å². The lowest BCUT2D eigenvalue weighted by atomic mass is 9.96. The van der Waals surface area contributed by atoms with Crippen molar-refractivity contribution in [3.63, 3.8) is 0 Å². The Kier molecular flexibility index (Phi) is 4.56. The quantitative estimate of drug-likeness (QED) is 0.787. The van der Waals surface area contributed by atoms with E-state index in [1.165, 1.54) is 0 Å². The van der Waals surface area contributed by atoms with Crippen molar-refractivity contribution in [2.45, 2.75) is 32.2 Å². The van der Waals surface area contributed by atoms with Crippen molar-refractivity contribution in [1.82, 2.24) is 24.4 Å². The molecule has 4 rings (SSSR count). The Morgan fingerprint density at radius 2 is 2.27 bits per heavy atom. The number of H-pyrrole nitrogens is 1. The van der Waals surface area contributed by atoms with Gasteiger partial charge in [0.2, 0.25) is 0 Å². The van der Waals surface area contributed by atoms with Gasteiger partial charge in [0.15, 0.2) is 0 Å². The smallest absolute Gasteiger partial charge is 0.255 e. The Morgan fingerprint density at radius 3 is 3.04 bits per heavy atom. The van der Waals surface area contributed by atoms with E-state index in [0.29, 0.717) is 6.54 Å². The van der Waals surface area contributed by atoms with Crippen molar-refractivity contribution in [3.8, 4) is 0 Å². The fourth-order valence-corrected chi connectivity index (χ4v) is 3.73. The van der Waals surface area contributed by atoms with Crippen LogP contribution in [-0.2, 0) is 6.54 Å². The molecular weight excluding hydrogens is 326 g/mol. The van der Waals surface area contributed by atoms with Gasteiger partial charge < -0.3 is 14.5 Å². The molecule has 1 atom stereocenters. The summed E-state index contributed by atoms with van der Waals surface area (Å²) >= 11 is 0. The predicted octanol–water partition coefficient (Wildman–Crippen LogP) is 2.98. The monoisotopic (exact) mass is 349 g/mol. The maximum Gasteiger partial charge on any atom is 0.255 e. The van der Waals surface area contributed by atoms with E-state index in [2.05, 4.69) is 25.6 Å². The van der Waals surface area contributed by atoms with Crippen LogP contribution in [0.1, 0.15) is 46.2 Å². The van der Waals surface area contributed by atoms with Crippen LogP contribution in [0.2, 0.25) is 0 Å². The van der Waals surface area contributed by atoms with Crippen molar-refractivity contribution < 1.29 is 4.79 Å². The third-order valence-corrected chi connectivity index (χ3v) is 5.08. The SMILES string of the molecule is Cc1[nH]ccc1C(=O)N1CCC[C@@H](c2nccn2Cc2cccnc2)C1. The number of piperidine rings is 1. The largest absolute Gasteiger partial charge is 0.365 e. The number of carbonyl (C=O) groups excluding carboxylic acids is 1. The van der Waals surface area contributed by atoms with Crippen LogP contribution in [0.15, 0.2) is 49.2 Å². The number of nitrogens with one attached hydrogen (secondary N) is 1. The average molecular weight is 349 g/mol. The van der Waals surface area contributed by atoms with E-state index in [1.807, 2.05) is 48.7 Å². The number of aromatic amines is 1. The molecule has 6 nitrogen and oxygen atoms in total. The minimum absolute atomic E-state index is 0.110. The summed E-state index contributed by atoms with van der Waals surface area (Å²) in [6, 6.07) is 5.89. The van der Waals surface area contributed by atoms with Gasteiger partial charge in [0.05, 0.1) is 12.1 Å². The van der Waals surface area contributed by atoms with Crippen LogP contribution in [0.25, 0.3) is 0 Å². The first-order valence-electron chi connectivity index (χ1n) is 9.05. The van der Waals surface area contributed by atoms with Crippen molar-refractivity contribution in [3.05, 3.63) is 71.8 Å². The van der Waals surface area contributed by atoms with Gasteiger partial charge in [0, 0.05) is 55.7 Å². The second-order valence-corrected chi connectivity index (χ2v) is 6.88. The number of aryl methyl sites for hydroxylation is 1. The molecule has 0 aromatic carbocycles. The molecule has 0 unspecified atom stereocenters. The fourth-order valence-electron chi connectivity index (χ4n) is 3.73. The lowest BCUT2D eigenvalue weighted by Gasteiger charge is -2.32. The molecule has 1 aliphatic heterocycles. The molecule has 0 saturated carbocycles. The average Bonchev–Trinajstić information content (AvgIpc) is 3.31. The van der Waals surface area contributed by atoms with Gasteiger partial charge in [0.1, 0.15) is 5.82 Å². The summed E-state index contributed by atoms with van der Waals surface area (Å²) in [4.78, 5) is 26.7.